The summed E-state index contributed by atoms with van der Waals surface area (Å²) < 4.78 is 27.3. The van der Waals surface area contributed by atoms with Crippen LogP contribution in [0.25, 0.3) is 0 Å². The van der Waals surface area contributed by atoms with Gasteiger partial charge in [-0.25, -0.2) is 8.42 Å². The number of nitrogens with zero attached hydrogens (tertiary/aromatic N) is 2. The van der Waals surface area contributed by atoms with E-state index in [0.29, 0.717) is 12.1 Å². The summed E-state index contributed by atoms with van der Waals surface area (Å²) in [6.07, 6.45) is 2.14. The molecule has 3 aromatic rings. The van der Waals surface area contributed by atoms with E-state index in [2.05, 4.69) is 5.32 Å². The number of aryl methyl sites for hydroxylation is 3. The van der Waals surface area contributed by atoms with Crippen molar-refractivity contribution < 1.29 is 18.0 Å². The van der Waals surface area contributed by atoms with E-state index >= 15 is 0 Å². The zero-order valence-electron chi connectivity index (χ0n) is 24.3. The van der Waals surface area contributed by atoms with Crippen molar-refractivity contribution in [1.82, 2.24) is 10.2 Å². The number of sulfonamides is 1. The first-order valence-corrected chi connectivity index (χ1v) is 15.5. The van der Waals surface area contributed by atoms with Crippen LogP contribution < -0.4 is 9.62 Å². The summed E-state index contributed by atoms with van der Waals surface area (Å²) >= 11 is 0. The fourth-order valence-electron chi connectivity index (χ4n) is 4.74. The van der Waals surface area contributed by atoms with E-state index in [-0.39, 0.29) is 18.5 Å². The molecule has 0 saturated heterocycles. The minimum atomic E-state index is -3.82. The quantitative estimate of drug-likeness (QED) is 0.339. The minimum Gasteiger partial charge on any atom is -0.352 e. The van der Waals surface area contributed by atoms with E-state index in [1.54, 1.807) is 4.90 Å². The Morgan fingerprint density at radius 3 is 2.00 bits per heavy atom. The van der Waals surface area contributed by atoms with Gasteiger partial charge in [0.05, 0.1) is 11.9 Å². The highest BCUT2D eigenvalue weighted by atomic mass is 32.2. The molecule has 0 fully saturated rings. The largest absolute Gasteiger partial charge is 0.352 e. The van der Waals surface area contributed by atoms with E-state index in [1.165, 1.54) is 0 Å². The monoisotopic (exact) mass is 563 g/mol. The first-order chi connectivity index (χ1) is 18.9. The predicted molar refractivity (Wildman–Crippen MR) is 162 cm³/mol. The standard InChI is InChI=1S/C32H41N3O4S/c1-7-26(5)33-32(37)29(20-27-17-9-8-10-18-27)34(21-28-19-12-11-14-23(28)2)30(36)22-35(40(6,38)39)31-24(3)15-13-16-25(31)4/h8-19,26,29H,7,20-22H2,1-6H3,(H,33,37)/t26-,29+/m0/s1. The maximum absolute atomic E-state index is 14.2. The second-order valence-electron chi connectivity index (χ2n) is 10.5. The first-order valence-electron chi connectivity index (χ1n) is 13.6. The number of anilines is 1. The van der Waals surface area contributed by atoms with Gasteiger partial charge >= 0.3 is 0 Å². The second kappa shape index (κ2) is 13.6. The minimum absolute atomic E-state index is 0.0803. The van der Waals surface area contributed by atoms with E-state index in [0.717, 1.165) is 44.8 Å². The lowest BCUT2D eigenvalue weighted by atomic mass is 10.0. The molecule has 1 N–H and O–H groups in total. The molecule has 2 atom stereocenters. The molecular weight excluding hydrogens is 522 g/mol. The molecular formula is C32H41N3O4S. The smallest absolute Gasteiger partial charge is 0.244 e. The van der Waals surface area contributed by atoms with E-state index in [4.69, 9.17) is 0 Å². The van der Waals surface area contributed by atoms with Crippen LogP contribution in [0, 0.1) is 20.8 Å². The zero-order chi connectivity index (χ0) is 29.4. The van der Waals surface area contributed by atoms with Gasteiger partial charge in [0.1, 0.15) is 12.6 Å². The molecule has 7 nitrogen and oxygen atoms in total. The summed E-state index contributed by atoms with van der Waals surface area (Å²) in [6, 6.07) is 21.9. The normalized spacial score (nSPS) is 12.8. The van der Waals surface area contributed by atoms with Gasteiger partial charge in [-0.05, 0) is 61.9 Å². The summed E-state index contributed by atoms with van der Waals surface area (Å²) in [4.78, 5) is 29.5. The summed E-state index contributed by atoms with van der Waals surface area (Å²) in [6.45, 7) is 9.28. The van der Waals surface area contributed by atoms with E-state index in [9.17, 15) is 18.0 Å². The van der Waals surface area contributed by atoms with Crippen molar-refractivity contribution in [1.29, 1.82) is 0 Å². The summed E-state index contributed by atoms with van der Waals surface area (Å²) in [5, 5.41) is 3.05. The summed E-state index contributed by atoms with van der Waals surface area (Å²) in [7, 11) is -3.82. The summed E-state index contributed by atoms with van der Waals surface area (Å²) in [5.74, 6) is -0.713. The number of hydrogen-bond acceptors (Lipinski definition) is 4. The Morgan fingerprint density at radius 2 is 1.43 bits per heavy atom. The number of rotatable bonds is 12. The molecule has 3 rings (SSSR count). The molecule has 40 heavy (non-hydrogen) atoms. The number of para-hydroxylation sites is 1. The van der Waals surface area contributed by atoms with Crippen molar-refractivity contribution in [2.45, 2.75) is 66.1 Å². The number of benzene rings is 3. The Kier molecular flexibility index (Phi) is 10.5. The maximum atomic E-state index is 14.2. The molecule has 0 spiro atoms. The lowest BCUT2D eigenvalue weighted by Crippen LogP contribution is -2.54. The number of nitrogens with one attached hydrogen (secondary N) is 1. The Labute approximate surface area is 239 Å². The van der Waals surface area contributed by atoms with Gasteiger partial charge in [0.2, 0.25) is 21.8 Å². The predicted octanol–water partition coefficient (Wildman–Crippen LogP) is 4.93. The number of amides is 2. The van der Waals surface area contributed by atoms with Crippen LogP contribution in [0.4, 0.5) is 5.69 Å². The molecule has 0 unspecified atom stereocenters. The molecule has 8 heteroatoms. The van der Waals surface area contributed by atoms with Crippen LogP contribution in [0.3, 0.4) is 0 Å². The lowest BCUT2D eigenvalue weighted by Gasteiger charge is -2.35. The van der Waals surface area contributed by atoms with Crippen LogP contribution >= 0.6 is 0 Å². The van der Waals surface area contributed by atoms with E-state index < -0.39 is 28.5 Å². The molecule has 0 bridgehead atoms. The van der Waals surface area contributed by atoms with Crippen molar-refractivity contribution in [2.24, 2.45) is 0 Å². The average Bonchev–Trinajstić information content (AvgIpc) is 2.90. The van der Waals surface area contributed by atoms with Gasteiger partial charge in [0.15, 0.2) is 0 Å². The maximum Gasteiger partial charge on any atom is 0.244 e. The van der Waals surface area contributed by atoms with Crippen LogP contribution in [0.1, 0.15) is 48.1 Å². The van der Waals surface area contributed by atoms with Crippen LogP contribution in [0.15, 0.2) is 72.8 Å². The highest BCUT2D eigenvalue weighted by molar-refractivity contribution is 7.92. The zero-order valence-corrected chi connectivity index (χ0v) is 25.2. The highest BCUT2D eigenvalue weighted by Crippen LogP contribution is 2.27. The average molecular weight is 564 g/mol. The van der Waals surface area contributed by atoms with Gasteiger partial charge in [0, 0.05) is 19.0 Å². The third kappa shape index (κ3) is 7.94. The Morgan fingerprint density at radius 1 is 0.850 bits per heavy atom. The highest BCUT2D eigenvalue weighted by Gasteiger charge is 2.34. The first kappa shape index (κ1) is 30.9. The SMILES string of the molecule is CC[C@H](C)NC(=O)[C@@H](Cc1ccccc1)N(Cc1ccccc1C)C(=O)CN(c1c(C)cccc1C)S(C)(=O)=O. The van der Waals surface area contributed by atoms with Gasteiger partial charge in [0.25, 0.3) is 0 Å². The van der Waals surface area contributed by atoms with Crippen molar-refractivity contribution in [3.8, 4) is 0 Å². The topological polar surface area (TPSA) is 86.8 Å². The van der Waals surface area contributed by atoms with Gasteiger partial charge in [-0.1, -0.05) is 79.7 Å². The Bertz CT molecular complexity index is 1400. The molecule has 0 aliphatic rings. The molecule has 0 aliphatic carbocycles. The molecule has 0 aromatic heterocycles. The number of carbonyl (C=O) groups is 2. The summed E-state index contributed by atoms with van der Waals surface area (Å²) in [5.41, 5.74) is 4.76. The van der Waals surface area contributed by atoms with Crippen LogP contribution in [-0.4, -0.2) is 50.0 Å². The molecule has 0 radical (unpaired) electrons. The molecule has 3 aromatic carbocycles. The number of hydrogen-bond donors (Lipinski definition) is 1. The fourth-order valence-corrected chi connectivity index (χ4v) is 5.71. The van der Waals surface area contributed by atoms with Crippen molar-refractivity contribution in [2.75, 3.05) is 17.1 Å². The lowest BCUT2D eigenvalue weighted by molar-refractivity contribution is -0.140. The molecule has 0 aliphatic heterocycles. The molecule has 2 amide bonds. The van der Waals surface area contributed by atoms with E-state index in [1.807, 2.05) is 107 Å². The number of carbonyl (C=O) groups excluding carboxylic acids is 2. The second-order valence-corrected chi connectivity index (χ2v) is 12.4. The van der Waals surface area contributed by atoms with Crippen LogP contribution in [0.2, 0.25) is 0 Å². The third-order valence-corrected chi connectivity index (χ3v) is 8.35. The third-order valence-electron chi connectivity index (χ3n) is 7.24. The van der Waals surface area contributed by atoms with Gasteiger partial charge < -0.3 is 10.2 Å². The van der Waals surface area contributed by atoms with Gasteiger partial charge in [-0.2, -0.15) is 0 Å². The Balaban J connectivity index is 2.11. The molecule has 0 heterocycles. The van der Waals surface area contributed by atoms with Crippen molar-refractivity contribution in [3.05, 3.63) is 101 Å². The Hall–Kier alpha value is -3.65. The van der Waals surface area contributed by atoms with Crippen molar-refractivity contribution in [3.63, 3.8) is 0 Å². The van der Waals surface area contributed by atoms with Gasteiger partial charge in [-0.3, -0.25) is 13.9 Å². The fraction of sp³-hybridized carbons (Fsp3) is 0.375. The van der Waals surface area contributed by atoms with Crippen molar-refractivity contribution >= 4 is 27.5 Å². The molecule has 214 valence electrons. The van der Waals surface area contributed by atoms with Gasteiger partial charge in [-0.15, -0.1) is 0 Å². The van der Waals surface area contributed by atoms with Crippen LogP contribution in [0.5, 0.6) is 0 Å². The van der Waals surface area contributed by atoms with Crippen LogP contribution in [-0.2, 0) is 32.6 Å². The molecule has 0 saturated carbocycles.